The maximum Gasteiger partial charge on any atom is 0.276 e. The van der Waals surface area contributed by atoms with Crippen LogP contribution in [0.4, 0.5) is 15.8 Å². The lowest BCUT2D eigenvalue weighted by Crippen LogP contribution is -2.40. The smallest absolute Gasteiger partial charge is 0.276 e. The minimum Gasteiger partial charge on any atom is -0.379 e. The summed E-state index contributed by atoms with van der Waals surface area (Å²) in [6, 6.07) is 9.10. The van der Waals surface area contributed by atoms with Gasteiger partial charge in [0, 0.05) is 30.9 Å². The second-order valence-corrected chi connectivity index (χ2v) is 8.21. The van der Waals surface area contributed by atoms with Gasteiger partial charge in [0.05, 0.1) is 23.7 Å². The average molecular weight is 435 g/mol. The van der Waals surface area contributed by atoms with Crippen LogP contribution in [-0.2, 0) is 19.6 Å². The molecule has 1 saturated heterocycles. The number of hydrogen-bond acceptors (Lipinski definition) is 6. The molecule has 0 saturated carbocycles. The number of carbonyl (C=O) groups excluding carboxylic acids is 1. The zero-order chi connectivity index (χ0) is 21.7. The Labute approximate surface area is 172 Å². The Kier molecular flexibility index (Phi) is 6.55. The van der Waals surface area contributed by atoms with E-state index in [1.165, 1.54) is 30.3 Å². The van der Waals surface area contributed by atoms with Gasteiger partial charge in [-0.05, 0) is 30.3 Å². The summed E-state index contributed by atoms with van der Waals surface area (Å²) in [7, 11) is -4.09. The number of nitrogens with one attached hydrogen (secondary N) is 1. The van der Waals surface area contributed by atoms with Crippen molar-refractivity contribution in [3.05, 3.63) is 70.0 Å². The number of morpholine rings is 1. The van der Waals surface area contributed by atoms with Crippen molar-refractivity contribution >= 4 is 33.4 Å². The number of ether oxygens (including phenoxy) is 1. The van der Waals surface area contributed by atoms with Crippen molar-refractivity contribution in [1.29, 1.82) is 0 Å². The number of para-hydroxylation sites is 1. The molecule has 1 heterocycles. The lowest BCUT2D eigenvalue weighted by atomic mass is 10.1. The van der Waals surface area contributed by atoms with Gasteiger partial charge in [-0.2, -0.15) is 4.31 Å². The van der Waals surface area contributed by atoms with E-state index in [2.05, 4.69) is 5.32 Å². The topological polar surface area (TPSA) is 119 Å². The van der Waals surface area contributed by atoms with E-state index in [-0.39, 0.29) is 43.2 Å². The van der Waals surface area contributed by atoms with Crippen LogP contribution in [0.3, 0.4) is 0 Å². The number of amides is 1. The van der Waals surface area contributed by atoms with E-state index in [0.717, 1.165) is 22.5 Å². The molecular formula is C19H18FN3O6S. The summed E-state index contributed by atoms with van der Waals surface area (Å²) in [5.74, 6) is -1.59. The number of sulfonamides is 1. The Balaban J connectivity index is 1.78. The zero-order valence-electron chi connectivity index (χ0n) is 15.7. The lowest BCUT2D eigenvalue weighted by molar-refractivity contribution is -0.385. The second kappa shape index (κ2) is 9.11. The standard InChI is InChI=1S/C19H18FN3O6S/c20-16-7-6-15(13-18(16)30(27,28)22-9-11-29-12-10-22)21-19(24)8-5-14-3-1-2-4-17(14)23(25)26/h1-8,13H,9-12H2,(H,21,24)/b8-5+. The molecule has 2 aromatic rings. The molecule has 1 amide bonds. The van der Waals surface area contributed by atoms with E-state index >= 15 is 0 Å². The highest BCUT2D eigenvalue weighted by atomic mass is 32.2. The van der Waals surface area contributed by atoms with Crippen LogP contribution in [0.5, 0.6) is 0 Å². The predicted octanol–water partition coefficient (Wildman–Crippen LogP) is 2.41. The van der Waals surface area contributed by atoms with Crippen molar-refractivity contribution < 1.29 is 27.3 Å². The molecule has 0 aliphatic carbocycles. The third-order valence-electron chi connectivity index (χ3n) is 4.33. The first-order valence-corrected chi connectivity index (χ1v) is 10.3. The summed E-state index contributed by atoms with van der Waals surface area (Å²) < 4.78 is 45.9. The molecule has 2 aromatic carbocycles. The van der Waals surface area contributed by atoms with Crippen molar-refractivity contribution in [1.82, 2.24) is 4.31 Å². The maximum atomic E-state index is 14.2. The van der Waals surface area contributed by atoms with Crippen LogP contribution in [0.15, 0.2) is 53.4 Å². The number of nitro groups is 1. The largest absolute Gasteiger partial charge is 0.379 e. The summed E-state index contributed by atoms with van der Waals surface area (Å²) >= 11 is 0. The Hall–Kier alpha value is -3.15. The van der Waals surface area contributed by atoms with Crippen LogP contribution < -0.4 is 5.32 Å². The van der Waals surface area contributed by atoms with E-state index in [1.807, 2.05) is 0 Å². The molecule has 0 bridgehead atoms. The SMILES string of the molecule is O=C(/C=C/c1ccccc1[N+](=O)[O-])Nc1ccc(F)c(S(=O)(=O)N2CCOCC2)c1. The van der Waals surface area contributed by atoms with Crippen LogP contribution in [0.1, 0.15) is 5.56 Å². The molecule has 3 rings (SSSR count). The third-order valence-corrected chi connectivity index (χ3v) is 6.25. The molecule has 9 nitrogen and oxygen atoms in total. The van der Waals surface area contributed by atoms with Crippen LogP contribution >= 0.6 is 0 Å². The van der Waals surface area contributed by atoms with Gasteiger partial charge in [0.25, 0.3) is 5.69 Å². The molecule has 0 radical (unpaired) electrons. The van der Waals surface area contributed by atoms with E-state index in [1.54, 1.807) is 6.07 Å². The first-order chi connectivity index (χ1) is 14.3. The predicted molar refractivity (Wildman–Crippen MR) is 107 cm³/mol. The van der Waals surface area contributed by atoms with Crippen LogP contribution in [0.25, 0.3) is 6.08 Å². The first-order valence-electron chi connectivity index (χ1n) is 8.89. The third kappa shape index (κ3) is 4.87. The van der Waals surface area contributed by atoms with Crippen LogP contribution in [0.2, 0.25) is 0 Å². The number of nitrogens with zero attached hydrogens (tertiary/aromatic N) is 2. The van der Waals surface area contributed by atoms with Gasteiger partial charge in [-0.25, -0.2) is 12.8 Å². The van der Waals surface area contributed by atoms with E-state index in [4.69, 9.17) is 4.74 Å². The quantitative estimate of drug-likeness (QED) is 0.423. The van der Waals surface area contributed by atoms with Gasteiger partial charge in [0.15, 0.2) is 0 Å². The minimum atomic E-state index is -4.09. The molecule has 158 valence electrons. The molecule has 1 fully saturated rings. The summed E-state index contributed by atoms with van der Waals surface area (Å²) in [6.07, 6.45) is 2.34. The maximum absolute atomic E-state index is 14.2. The van der Waals surface area contributed by atoms with Gasteiger partial charge in [0.2, 0.25) is 15.9 Å². The summed E-state index contributed by atoms with van der Waals surface area (Å²) in [4.78, 5) is 22.1. The van der Waals surface area contributed by atoms with Gasteiger partial charge < -0.3 is 10.1 Å². The van der Waals surface area contributed by atoms with Crippen molar-refractivity contribution in [2.45, 2.75) is 4.90 Å². The number of hydrogen-bond donors (Lipinski definition) is 1. The zero-order valence-corrected chi connectivity index (χ0v) is 16.5. The Morgan fingerprint density at radius 3 is 2.60 bits per heavy atom. The van der Waals surface area contributed by atoms with Gasteiger partial charge in [-0.15, -0.1) is 0 Å². The van der Waals surface area contributed by atoms with E-state index in [9.17, 15) is 27.7 Å². The fourth-order valence-corrected chi connectivity index (χ4v) is 4.35. The van der Waals surface area contributed by atoms with Crippen LogP contribution in [-0.4, -0.2) is 49.9 Å². The molecule has 1 aliphatic heterocycles. The number of halogens is 1. The van der Waals surface area contributed by atoms with E-state index in [0.29, 0.717) is 0 Å². The normalized spacial score (nSPS) is 15.2. The number of rotatable bonds is 6. The molecule has 0 spiro atoms. The molecule has 0 unspecified atom stereocenters. The fraction of sp³-hybridized carbons (Fsp3) is 0.211. The van der Waals surface area contributed by atoms with Gasteiger partial charge in [-0.3, -0.25) is 14.9 Å². The molecule has 1 aliphatic rings. The molecule has 1 N–H and O–H groups in total. The highest BCUT2D eigenvalue weighted by Crippen LogP contribution is 2.24. The molecule has 30 heavy (non-hydrogen) atoms. The van der Waals surface area contributed by atoms with Gasteiger partial charge >= 0.3 is 0 Å². The van der Waals surface area contributed by atoms with Crippen molar-refractivity contribution in [2.75, 3.05) is 31.6 Å². The summed E-state index contributed by atoms with van der Waals surface area (Å²) in [6.45, 7) is 0.648. The van der Waals surface area contributed by atoms with Crippen molar-refractivity contribution in [3.8, 4) is 0 Å². The Bertz CT molecular complexity index is 1100. The number of anilines is 1. The van der Waals surface area contributed by atoms with Crippen molar-refractivity contribution in [2.24, 2.45) is 0 Å². The Morgan fingerprint density at radius 1 is 1.20 bits per heavy atom. The molecule has 0 atom stereocenters. The summed E-state index contributed by atoms with van der Waals surface area (Å²) in [5, 5.41) is 13.5. The monoisotopic (exact) mass is 435 g/mol. The first kappa shape index (κ1) is 21.6. The molecule has 0 aromatic heterocycles. The number of nitro benzene ring substituents is 1. The lowest BCUT2D eigenvalue weighted by Gasteiger charge is -2.26. The second-order valence-electron chi connectivity index (χ2n) is 6.30. The highest BCUT2D eigenvalue weighted by molar-refractivity contribution is 7.89. The molecular weight excluding hydrogens is 417 g/mol. The number of benzene rings is 2. The minimum absolute atomic E-state index is 0.0699. The van der Waals surface area contributed by atoms with Crippen LogP contribution in [0, 0.1) is 15.9 Å². The average Bonchev–Trinajstić information content (AvgIpc) is 2.74. The van der Waals surface area contributed by atoms with Gasteiger partial charge in [-0.1, -0.05) is 12.1 Å². The molecule has 11 heteroatoms. The summed E-state index contributed by atoms with van der Waals surface area (Å²) in [5.41, 5.74) is 0.134. The fourth-order valence-electron chi connectivity index (χ4n) is 2.85. The highest BCUT2D eigenvalue weighted by Gasteiger charge is 2.29. The van der Waals surface area contributed by atoms with E-state index < -0.39 is 31.6 Å². The van der Waals surface area contributed by atoms with Gasteiger partial charge in [0.1, 0.15) is 10.7 Å². The Morgan fingerprint density at radius 2 is 1.90 bits per heavy atom. The van der Waals surface area contributed by atoms with Crippen molar-refractivity contribution in [3.63, 3.8) is 0 Å². The number of carbonyl (C=O) groups is 1.